The first-order valence-electron chi connectivity index (χ1n) is 8.16. The molecule has 0 N–H and O–H groups in total. The second-order valence-electron chi connectivity index (χ2n) is 5.86. The van der Waals surface area contributed by atoms with Crippen molar-refractivity contribution in [1.29, 1.82) is 0 Å². The van der Waals surface area contributed by atoms with Crippen LogP contribution in [0.15, 0.2) is 45.9 Å². The molecule has 0 unspecified atom stereocenters. The summed E-state index contributed by atoms with van der Waals surface area (Å²) in [5.74, 6) is 0.145. The van der Waals surface area contributed by atoms with Crippen molar-refractivity contribution in [1.82, 2.24) is 4.98 Å². The Morgan fingerprint density at radius 1 is 1.44 bits per heavy atom. The number of amides is 1. The van der Waals surface area contributed by atoms with Crippen molar-refractivity contribution in [2.45, 2.75) is 23.8 Å². The highest BCUT2D eigenvalue weighted by atomic mass is 32.2. The fraction of sp³-hybridized carbons (Fsp3) is 0.333. The molecule has 1 atom stereocenters. The number of fused-ring (bicyclic) bond motifs is 1. The van der Waals surface area contributed by atoms with E-state index >= 15 is 0 Å². The molecule has 1 aliphatic heterocycles. The van der Waals surface area contributed by atoms with Gasteiger partial charge in [0.1, 0.15) is 0 Å². The Morgan fingerprint density at radius 2 is 2.36 bits per heavy atom. The molecular weight excluding hydrogens is 356 g/mol. The summed E-state index contributed by atoms with van der Waals surface area (Å²) < 4.78 is 12.1. The van der Waals surface area contributed by atoms with E-state index in [2.05, 4.69) is 17.1 Å². The minimum Gasteiger partial charge on any atom is -0.459 e. The summed E-state index contributed by atoms with van der Waals surface area (Å²) in [5, 5.41) is 0.685. The van der Waals surface area contributed by atoms with Gasteiger partial charge in [0, 0.05) is 11.5 Å². The van der Waals surface area contributed by atoms with Crippen LogP contribution in [0, 0.1) is 0 Å². The second-order valence-corrected chi connectivity index (χ2v) is 7.75. The van der Waals surface area contributed by atoms with Crippen molar-refractivity contribution in [3.8, 4) is 0 Å². The Labute approximate surface area is 154 Å². The Morgan fingerprint density at radius 3 is 3.08 bits per heavy atom. The number of anilines is 1. The van der Waals surface area contributed by atoms with Crippen LogP contribution in [0.25, 0.3) is 10.2 Å². The molecule has 7 heteroatoms. The van der Waals surface area contributed by atoms with Gasteiger partial charge in [-0.25, -0.2) is 4.98 Å². The molecule has 0 spiro atoms. The molecule has 3 heterocycles. The average molecular weight is 374 g/mol. The van der Waals surface area contributed by atoms with Crippen LogP contribution in [-0.4, -0.2) is 36.4 Å². The summed E-state index contributed by atoms with van der Waals surface area (Å²) in [6.45, 7) is 1.25. The summed E-state index contributed by atoms with van der Waals surface area (Å²) >= 11 is 3.22. The summed E-state index contributed by atoms with van der Waals surface area (Å²) in [6.07, 6.45) is 5.61. The summed E-state index contributed by atoms with van der Waals surface area (Å²) in [6, 6.07) is 9.57. The van der Waals surface area contributed by atoms with Gasteiger partial charge in [-0.1, -0.05) is 11.3 Å². The third-order valence-corrected chi connectivity index (χ3v) is 5.97. The van der Waals surface area contributed by atoms with Crippen molar-refractivity contribution in [3.63, 3.8) is 0 Å². The maximum atomic E-state index is 12.9. The van der Waals surface area contributed by atoms with Crippen LogP contribution in [0.3, 0.4) is 0 Å². The lowest BCUT2D eigenvalue weighted by Gasteiger charge is -2.22. The number of carbonyl (C=O) groups is 1. The minimum absolute atomic E-state index is 0.0488. The summed E-state index contributed by atoms with van der Waals surface area (Å²) in [5.41, 5.74) is 0.905. The van der Waals surface area contributed by atoms with Gasteiger partial charge in [-0.05, 0) is 49.4 Å². The Hall–Kier alpha value is -1.83. The van der Waals surface area contributed by atoms with Gasteiger partial charge in [-0.2, -0.15) is 0 Å². The highest BCUT2D eigenvalue weighted by molar-refractivity contribution is 7.98. The van der Waals surface area contributed by atoms with Crippen molar-refractivity contribution >= 4 is 44.4 Å². The topological polar surface area (TPSA) is 55.6 Å². The highest BCUT2D eigenvalue weighted by Crippen LogP contribution is 2.33. The van der Waals surface area contributed by atoms with E-state index in [-0.39, 0.29) is 12.0 Å². The van der Waals surface area contributed by atoms with E-state index in [1.807, 2.05) is 12.3 Å². The van der Waals surface area contributed by atoms with Crippen molar-refractivity contribution in [2.75, 3.05) is 24.3 Å². The molecule has 1 fully saturated rings. The molecule has 5 nitrogen and oxygen atoms in total. The number of thiazole rings is 1. The van der Waals surface area contributed by atoms with E-state index in [9.17, 15) is 4.79 Å². The predicted octanol–water partition coefficient (Wildman–Crippen LogP) is 4.44. The van der Waals surface area contributed by atoms with Gasteiger partial charge in [0.2, 0.25) is 0 Å². The zero-order chi connectivity index (χ0) is 17.2. The molecule has 2 aromatic heterocycles. The Kier molecular flexibility index (Phi) is 4.78. The van der Waals surface area contributed by atoms with Crippen molar-refractivity contribution in [2.24, 2.45) is 0 Å². The average Bonchev–Trinajstić information content (AvgIpc) is 3.39. The van der Waals surface area contributed by atoms with Crippen LogP contribution in [-0.2, 0) is 4.74 Å². The highest BCUT2D eigenvalue weighted by Gasteiger charge is 2.28. The quantitative estimate of drug-likeness (QED) is 0.618. The predicted molar refractivity (Wildman–Crippen MR) is 101 cm³/mol. The number of carbonyl (C=O) groups excluding carboxylic acids is 1. The van der Waals surface area contributed by atoms with Gasteiger partial charge < -0.3 is 9.15 Å². The molecule has 4 rings (SSSR count). The molecule has 1 aliphatic rings. The van der Waals surface area contributed by atoms with Crippen LogP contribution >= 0.6 is 23.1 Å². The molecule has 130 valence electrons. The lowest BCUT2D eigenvalue weighted by Crippen LogP contribution is -2.37. The molecule has 0 bridgehead atoms. The van der Waals surface area contributed by atoms with Crippen LogP contribution in [0.5, 0.6) is 0 Å². The maximum absolute atomic E-state index is 12.9. The smallest absolute Gasteiger partial charge is 0.295 e. The maximum Gasteiger partial charge on any atom is 0.295 e. The molecule has 0 saturated carbocycles. The lowest BCUT2D eigenvalue weighted by molar-refractivity contribution is 0.0895. The second kappa shape index (κ2) is 7.19. The van der Waals surface area contributed by atoms with Gasteiger partial charge in [0.15, 0.2) is 10.9 Å². The molecule has 3 aromatic rings. The molecular formula is C18H18N2O3S2. The minimum atomic E-state index is -0.176. The number of hydrogen-bond acceptors (Lipinski definition) is 6. The number of rotatable bonds is 5. The fourth-order valence-electron chi connectivity index (χ4n) is 2.91. The molecule has 25 heavy (non-hydrogen) atoms. The van der Waals surface area contributed by atoms with E-state index in [1.54, 1.807) is 28.8 Å². The van der Waals surface area contributed by atoms with Gasteiger partial charge in [-0.15, -0.1) is 11.8 Å². The van der Waals surface area contributed by atoms with Gasteiger partial charge >= 0.3 is 0 Å². The van der Waals surface area contributed by atoms with Gasteiger partial charge in [0.05, 0.1) is 29.1 Å². The van der Waals surface area contributed by atoms with E-state index in [0.29, 0.717) is 17.4 Å². The van der Waals surface area contributed by atoms with Gasteiger partial charge in [-0.3, -0.25) is 9.69 Å². The van der Waals surface area contributed by atoms with Crippen LogP contribution in [0.1, 0.15) is 23.4 Å². The number of nitrogens with zero attached hydrogens (tertiary/aromatic N) is 2. The molecule has 1 amide bonds. The number of ether oxygens (including phenoxy) is 1. The van der Waals surface area contributed by atoms with E-state index in [1.165, 1.54) is 22.5 Å². The third kappa shape index (κ3) is 3.44. The molecule has 1 aromatic carbocycles. The number of aromatic nitrogens is 1. The molecule has 0 aliphatic carbocycles. The molecule has 1 saturated heterocycles. The van der Waals surface area contributed by atoms with Crippen LogP contribution < -0.4 is 4.90 Å². The Balaban J connectivity index is 1.69. The number of benzene rings is 1. The summed E-state index contributed by atoms with van der Waals surface area (Å²) in [7, 11) is 0. The number of hydrogen-bond donors (Lipinski definition) is 0. The first kappa shape index (κ1) is 16.6. The van der Waals surface area contributed by atoms with Crippen LogP contribution in [0.2, 0.25) is 0 Å². The van der Waals surface area contributed by atoms with E-state index < -0.39 is 0 Å². The van der Waals surface area contributed by atoms with E-state index in [4.69, 9.17) is 9.15 Å². The Bertz CT molecular complexity index is 870. The first-order valence-corrected chi connectivity index (χ1v) is 10.2. The zero-order valence-corrected chi connectivity index (χ0v) is 15.4. The van der Waals surface area contributed by atoms with E-state index in [0.717, 1.165) is 29.7 Å². The third-order valence-electron chi connectivity index (χ3n) is 4.20. The fourth-order valence-corrected chi connectivity index (χ4v) is 4.44. The SMILES string of the molecule is CSc1ccc2nc(N(C[C@@H]3CCCO3)C(=O)c3ccco3)sc2c1. The number of thioether (sulfide) groups is 1. The standard InChI is InChI=1S/C18H18N2O3S2/c1-24-13-6-7-14-16(10-13)25-18(19-14)20(11-12-4-2-8-22-12)17(21)15-5-3-9-23-15/h3,5-7,9-10,12H,2,4,8,11H2,1H3/t12-/m0/s1. The first-order chi connectivity index (χ1) is 12.2. The number of furan rings is 1. The van der Waals surface area contributed by atoms with Crippen LogP contribution in [0.4, 0.5) is 5.13 Å². The normalized spacial score (nSPS) is 17.2. The molecule has 0 radical (unpaired) electrons. The van der Waals surface area contributed by atoms with Crippen molar-refractivity contribution in [3.05, 3.63) is 42.4 Å². The summed E-state index contributed by atoms with van der Waals surface area (Å²) in [4.78, 5) is 20.5. The van der Waals surface area contributed by atoms with Gasteiger partial charge in [0.25, 0.3) is 5.91 Å². The zero-order valence-electron chi connectivity index (χ0n) is 13.8. The van der Waals surface area contributed by atoms with Crippen molar-refractivity contribution < 1.29 is 13.9 Å². The largest absolute Gasteiger partial charge is 0.459 e. The lowest BCUT2D eigenvalue weighted by atomic mass is 10.2. The monoisotopic (exact) mass is 374 g/mol.